The Bertz CT molecular complexity index is 1050. The lowest BCUT2D eigenvalue weighted by Crippen LogP contribution is -2.14. The van der Waals surface area contributed by atoms with Crippen LogP contribution in [0.1, 0.15) is 42.4 Å². The molecule has 0 aliphatic heterocycles. The number of aromatic nitrogens is 2. The van der Waals surface area contributed by atoms with Crippen LogP contribution in [0, 0.1) is 13.8 Å². The van der Waals surface area contributed by atoms with Gasteiger partial charge in [-0.25, -0.2) is 9.97 Å². The summed E-state index contributed by atoms with van der Waals surface area (Å²) < 4.78 is 40.7. The Morgan fingerprint density at radius 1 is 1.14 bits per heavy atom. The maximum atomic E-state index is 13.3. The molecule has 4 nitrogen and oxygen atoms in total. The molecule has 3 aromatic rings. The summed E-state index contributed by atoms with van der Waals surface area (Å²) >= 11 is 3.55. The molecule has 0 radical (unpaired) electrons. The van der Waals surface area contributed by atoms with E-state index in [0.717, 1.165) is 33.7 Å². The number of hydrogen-bond donors (Lipinski definition) is 2. The van der Waals surface area contributed by atoms with E-state index in [4.69, 9.17) is 0 Å². The molecule has 154 valence electrons. The van der Waals surface area contributed by atoms with E-state index in [1.165, 1.54) is 13.0 Å². The monoisotopic (exact) mass is 466 g/mol. The molecule has 3 rings (SSSR count). The number of hydrogen-bond acceptors (Lipinski definition) is 4. The Balaban J connectivity index is 2.03. The third-order valence-corrected chi connectivity index (χ3v) is 5.42. The summed E-state index contributed by atoms with van der Waals surface area (Å²) in [7, 11) is 0. The van der Waals surface area contributed by atoms with Crippen LogP contribution < -0.4 is 10.6 Å². The second-order valence-electron chi connectivity index (χ2n) is 6.88. The Hall–Kier alpha value is -2.35. The van der Waals surface area contributed by atoms with Crippen LogP contribution in [0.2, 0.25) is 0 Å². The van der Waals surface area contributed by atoms with Gasteiger partial charge in [-0.2, -0.15) is 13.2 Å². The van der Waals surface area contributed by atoms with Crippen molar-refractivity contribution >= 4 is 38.3 Å². The lowest BCUT2D eigenvalue weighted by atomic mass is 9.97. The number of alkyl halides is 3. The fourth-order valence-corrected chi connectivity index (χ4v) is 3.90. The van der Waals surface area contributed by atoms with Crippen molar-refractivity contribution in [2.45, 2.75) is 39.9 Å². The minimum atomic E-state index is -4.38. The first kappa shape index (κ1) is 21.4. The van der Waals surface area contributed by atoms with Crippen molar-refractivity contribution in [3.8, 4) is 0 Å². The first-order chi connectivity index (χ1) is 13.6. The average molecular weight is 467 g/mol. The maximum absolute atomic E-state index is 13.3. The summed E-state index contributed by atoms with van der Waals surface area (Å²) in [4.78, 5) is 9.00. The molecular formula is C21H22BrF3N4. The topological polar surface area (TPSA) is 49.8 Å². The number of fused-ring (bicyclic) bond motifs is 1. The van der Waals surface area contributed by atoms with Crippen LogP contribution in [0.15, 0.2) is 34.8 Å². The zero-order chi connectivity index (χ0) is 21.3. The molecule has 0 aliphatic carbocycles. The fourth-order valence-electron chi connectivity index (χ4n) is 3.41. The molecular weight excluding hydrogens is 445 g/mol. The molecule has 0 spiro atoms. The average Bonchev–Trinajstić information content (AvgIpc) is 2.62. The molecule has 1 heterocycles. The van der Waals surface area contributed by atoms with E-state index in [1.54, 1.807) is 13.0 Å². The standard InChI is InChI=1S/C21H22BrF3N4/c1-5-26-19-10-18-15(9-17(19)22)20(29-13(4)28-18)27-12(3)14-7-6-8-16(11(14)2)21(23,24)25/h6-10,12,26H,5H2,1-4H3,(H,27,28,29)/t12-/m1/s1. The third-order valence-electron chi connectivity index (χ3n) is 4.76. The van der Waals surface area contributed by atoms with Gasteiger partial charge in [0.05, 0.1) is 22.8 Å². The first-order valence-electron chi connectivity index (χ1n) is 9.26. The van der Waals surface area contributed by atoms with Crippen LogP contribution >= 0.6 is 15.9 Å². The molecule has 2 aromatic carbocycles. The Morgan fingerprint density at radius 2 is 1.86 bits per heavy atom. The second-order valence-corrected chi connectivity index (χ2v) is 7.74. The van der Waals surface area contributed by atoms with Crippen LogP contribution in [-0.2, 0) is 6.18 Å². The molecule has 0 saturated carbocycles. The van der Waals surface area contributed by atoms with Gasteiger partial charge in [0.15, 0.2) is 0 Å². The highest BCUT2D eigenvalue weighted by atomic mass is 79.9. The van der Waals surface area contributed by atoms with Gasteiger partial charge in [0.2, 0.25) is 0 Å². The van der Waals surface area contributed by atoms with Crippen molar-refractivity contribution in [3.63, 3.8) is 0 Å². The quantitative estimate of drug-likeness (QED) is 0.442. The zero-order valence-corrected chi connectivity index (χ0v) is 18.2. The smallest absolute Gasteiger partial charge is 0.384 e. The molecule has 0 bridgehead atoms. The Labute approximate surface area is 176 Å². The highest BCUT2D eigenvalue weighted by molar-refractivity contribution is 9.10. The van der Waals surface area contributed by atoms with Gasteiger partial charge in [0.25, 0.3) is 0 Å². The molecule has 0 aliphatic rings. The maximum Gasteiger partial charge on any atom is 0.416 e. The van der Waals surface area contributed by atoms with E-state index in [-0.39, 0.29) is 11.6 Å². The number of anilines is 2. The highest BCUT2D eigenvalue weighted by Gasteiger charge is 2.33. The number of rotatable bonds is 5. The lowest BCUT2D eigenvalue weighted by molar-refractivity contribution is -0.138. The molecule has 0 unspecified atom stereocenters. The minimum absolute atomic E-state index is 0.214. The van der Waals surface area contributed by atoms with E-state index in [0.29, 0.717) is 17.2 Å². The third kappa shape index (κ3) is 4.47. The van der Waals surface area contributed by atoms with Crippen LogP contribution in [0.25, 0.3) is 10.9 Å². The number of halogens is 4. The molecule has 8 heteroatoms. The summed E-state index contributed by atoms with van der Waals surface area (Å²) in [5.41, 5.74) is 1.85. The second kappa shape index (κ2) is 8.18. The highest BCUT2D eigenvalue weighted by Crippen LogP contribution is 2.36. The molecule has 2 N–H and O–H groups in total. The Kier molecular flexibility index (Phi) is 6.03. The number of nitrogens with one attached hydrogen (secondary N) is 2. The first-order valence-corrected chi connectivity index (χ1v) is 10.1. The van der Waals surface area contributed by atoms with E-state index in [9.17, 15) is 13.2 Å². The van der Waals surface area contributed by atoms with Gasteiger partial charge in [-0.15, -0.1) is 0 Å². The van der Waals surface area contributed by atoms with Crippen molar-refractivity contribution in [1.29, 1.82) is 0 Å². The van der Waals surface area contributed by atoms with Crippen LogP contribution in [-0.4, -0.2) is 16.5 Å². The van der Waals surface area contributed by atoms with Crippen LogP contribution in [0.5, 0.6) is 0 Å². The SMILES string of the molecule is CCNc1cc2nc(C)nc(N[C@H](C)c3cccc(C(F)(F)F)c3C)c2cc1Br. The zero-order valence-electron chi connectivity index (χ0n) is 16.6. The van der Waals surface area contributed by atoms with Crippen LogP contribution in [0.3, 0.4) is 0 Å². The number of nitrogens with zero attached hydrogens (tertiary/aromatic N) is 2. The summed E-state index contributed by atoms with van der Waals surface area (Å²) in [6, 6.07) is 7.73. The Morgan fingerprint density at radius 3 is 2.52 bits per heavy atom. The van der Waals surface area contributed by atoms with Crippen molar-refractivity contribution in [2.75, 3.05) is 17.2 Å². The van der Waals surface area contributed by atoms with Gasteiger partial charge >= 0.3 is 6.18 Å². The van der Waals surface area contributed by atoms with Gasteiger partial charge in [-0.05, 0) is 73.0 Å². The van der Waals surface area contributed by atoms with E-state index < -0.39 is 11.7 Å². The molecule has 29 heavy (non-hydrogen) atoms. The largest absolute Gasteiger partial charge is 0.416 e. The molecule has 0 amide bonds. The fraction of sp³-hybridized carbons (Fsp3) is 0.333. The van der Waals surface area contributed by atoms with Crippen LogP contribution in [0.4, 0.5) is 24.7 Å². The summed E-state index contributed by atoms with van der Waals surface area (Å²) in [6.07, 6.45) is -4.38. The van der Waals surface area contributed by atoms with E-state index in [2.05, 4.69) is 36.5 Å². The van der Waals surface area contributed by atoms with Gasteiger partial charge < -0.3 is 10.6 Å². The van der Waals surface area contributed by atoms with Gasteiger partial charge in [0, 0.05) is 16.4 Å². The van der Waals surface area contributed by atoms with Gasteiger partial charge in [0.1, 0.15) is 11.6 Å². The summed E-state index contributed by atoms with van der Waals surface area (Å²) in [5.74, 6) is 1.17. The summed E-state index contributed by atoms with van der Waals surface area (Å²) in [5, 5.41) is 7.34. The van der Waals surface area contributed by atoms with Crippen molar-refractivity contribution in [3.05, 3.63) is 57.3 Å². The molecule has 1 atom stereocenters. The predicted molar refractivity (Wildman–Crippen MR) is 114 cm³/mol. The minimum Gasteiger partial charge on any atom is -0.384 e. The number of benzene rings is 2. The molecule has 0 fully saturated rings. The molecule has 0 saturated heterocycles. The normalized spacial score (nSPS) is 12.8. The van der Waals surface area contributed by atoms with E-state index >= 15 is 0 Å². The molecule has 1 aromatic heterocycles. The van der Waals surface area contributed by atoms with Gasteiger partial charge in [-0.3, -0.25) is 0 Å². The summed E-state index contributed by atoms with van der Waals surface area (Å²) in [6.45, 7) is 7.89. The lowest BCUT2D eigenvalue weighted by Gasteiger charge is -2.21. The predicted octanol–water partition coefficient (Wildman–Crippen LogP) is 6.63. The van der Waals surface area contributed by atoms with E-state index in [1.807, 2.05) is 26.0 Å². The van der Waals surface area contributed by atoms with Gasteiger partial charge in [-0.1, -0.05) is 12.1 Å². The van der Waals surface area contributed by atoms with Crippen molar-refractivity contribution < 1.29 is 13.2 Å². The van der Waals surface area contributed by atoms with Crippen molar-refractivity contribution in [1.82, 2.24) is 9.97 Å². The van der Waals surface area contributed by atoms with Crippen molar-refractivity contribution in [2.24, 2.45) is 0 Å². The number of aryl methyl sites for hydroxylation is 1.